The van der Waals surface area contributed by atoms with Crippen LogP contribution in [0.3, 0.4) is 0 Å². The lowest BCUT2D eigenvalue weighted by atomic mass is 10.2. The molecule has 0 saturated heterocycles. The monoisotopic (exact) mass is 374 g/mol. The topological polar surface area (TPSA) is 80.3 Å². The van der Waals surface area contributed by atoms with Crippen molar-refractivity contribution in [3.8, 4) is 12.1 Å². The minimum absolute atomic E-state index is 0.408. The number of nitrogens with zero attached hydrogens (tertiary/aromatic N) is 4. The van der Waals surface area contributed by atoms with Crippen LogP contribution in [0.25, 0.3) is 0 Å². The van der Waals surface area contributed by atoms with E-state index in [9.17, 15) is 0 Å². The van der Waals surface area contributed by atoms with Crippen LogP contribution in [0.5, 0.6) is 0 Å². The number of para-hydroxylation sites is 2. The van der Waals surface area contributed by atoms with Gasteiger partial charge >= 0.3 is 0 Å². The highest BCUT2D eigenvalue weighted by Crippen LogP contribution is 2.32. The molecule has 0 aliphatic carbocycles. The Morgan fingerprint density at radius 2 is 1.14 bits per heavy atom. The zero-order valence-electron chi connectivity index (χ0n) is 15.6. The van der Waals surface area contributed by atoms with Crippen molar-refractivity contribution in [2.75, 3.05) is 22.9 Å². The van der Waals surface area contributed by atoms with E-state index in [2.05, 4.69) is 21.9 Å². The van der Waals surface area contributed by atoms with Gasteiger partial charge in [-0.15, -0.1) is 0 Å². The van der Waals surface area contributed by atoms with Crippen molar-refractivity contribution in [3.05, 3.63) is 72.6 Å². The molecular weight excluding hydrogens is 352 g/mol. The largest absolute Gasteiger partial charge is 0.467 e. The zero-order chi connectivity index (χ0) is 19.6. The highest BCUT2D eigenvalue weighted by Gasteiger charge is 2.18. The van der Waals surface area contributed by atoms with Crippen molar-refractivity contribution in [1.29, 1.82) is 10.5 Å². The smallest absolute Gasteiger partial charge is 0.123 e. The summed E-state index contributed by atoms with van der Waals surface area (Å²) >= 11 is 0. The second kappa shape index (κ2) is 9.89. The van der Waals surface area contributed by atoms with Crippen LogP contribution in [0.2, 0.25) is 0 Å². The van der Waals surface area contributed by atoms with Crippen LogP contribution in [0, 0.1) is 22.7 Å². The molecule has 0 aliphatic rings. The van der Waals surface area contributed by atoms with E-state index in [4.69, 9.17) is 19.4 Å². The van der Waals surface area contributed by atoms with Gasteiger partial charge in [-0.2, -0.15) is 10.5 Å². The van der Waals surface area contributed by atoms with Gasteiger partial charge in [0.25, 0.3) is 0 Å². The molecule has 0 radical (unpaired) electrons. The Bertz CT molecular complexity index is 843. The SMILES string of the molecule is N#CCCN(Cc1ccco1)c1ccccc1N(CCC#N)Cc1ccco1. The fourth-order valence-electron chi connectivity index (χ4n) is 3.12. The van der Waals surface area contributed by atoms with Crippen LogP contribution in [0.4, 0.5) is 11.4 Å². The summed E-state index contributed by atoms with van der Waals surface area (Å²) in [5.74, 6) is 1.67. The number of nitriles is 2. The van der Waals surface area contributed by atoms with E-state index >= 15 is 0 Å². The standard InChI is InChI=1S/C22H22N4O2/c23-11-5-13-25(17-19-7-3-15-27-19)21-9-1-2-10-22(21)26(14-6-12-24)18-20-8-4-16-28-20/h1-4,7-10,15-16H,5-6,13-14,17-18H2. The van der Waals surface area contributed by atoms with Crippen LogP contribution < -0.4 is 9.80 Å². The molecule has 0 spiro atoms. The summed E-state index contributed by atoms with van der Waals surface area (Å²) in [7, 11) is 0. The van der Waals surface area contributed by atoms with Crippen LogP contribution in [-0.4, -0.2) is 13.1 Å². The van der Waals surface area contributed by atoms with Gasteiger partial charge in [0.1, 0.15) is 11.5 Å². The number of rotatable bonds is 10. The van der Waals surface area contributed by atoms with Crippen molar-refractivity contribution < 1.29 is 8.83 Å². The summed E-state index contributed by atoms with van der Waals surface area (Å²) in [5, 5.41) is 18.2. The molecule has 0 amide bonds. The second-order valence-corrected chi connectivity index (χ2v) is 6.31. The third-order valence-electron chi connectivity index (χ3n) is 4.40. The van der Waals surface area contributed by atoms with Crippen LogP contribution in [0.1, 0.15) is 24.4 Å². The lowest BCUT2D eigenvalue weighted by Gasteiger charge is -2.31. The summed E-state index contributed by atoms with van der Waals surface area (Å²) in [4.78, 5) is 4.28. The van der Waals surface area contributed by atoms with Crippen LogP contribution in [-0.2, 0) is 13.1 Å². The number of furan rings is 2. The third-order valence-corrected chi connectivity index (χ3v) is 4.40. The van der Waals surface area contributed by atoms with Crippen molar-refractivity contribution in [2.45, 2.75) is 25.9 Å². The number of benzene rings is 1. The minimum Gasteiger partial charge on any atom is -0.467 e. The predicted molar refractivity (Wildman–Crippen MR) is 106 cm³/mol. The fourth-order valence-corrected chi connectivity index (χ4v) is 3.12. The average Bonchev–Trinajstić information content (AvgIpc) is 3.42. The molecule has 142 valence electrons. The lowest BCUT2D eigenvalue weighted by Crippen LogP contribution is -2.29. The molecule has 0 aliphatic heterocycles. The number of hydrogen-bond acceptors (Lipinski definition) is 6. The molecular formula is C22H22N4O2. The van der Waals surface area contributed by atoms with Gasteiger partial charge in [-0.3, -0.25) is 0 Å². The van der Waals surface area contributed by atoms with Gasteiger partial charge in [-0.25, -0.2) is 0 Å². The van der Waals surface area contributed by atoms with E-state index in [1.165, 1.54) is 0 Å². The second-order valence-electron chi connectivity index (χ2n) is 6.31. The highest BCUT2D eigenvalue weighted by molar-refractivity contribution is 5.71. The molecule has 6 nitrogen and oxygen atoms in total. The summed E-state index contributed by atoms with van der Waals surface area (Å²) in [6.07, 6.45) is 4.12. The van der Waals surface area contributed by atoms with Crippen molar-refractivity contribution >= 4 is 11.4 Å². The van der Waals surface area contributed by atoms with E-state index in [0.29, 0.717) is 39.0 Å². The van der Waals surface area contributed by atoms with Gasteiger partial charge in [0.05, 0.1) is 62.0 Å². The Hall–Kier alpha value is -3.64. The Morgan fingerprint density at radius 1 is 0.679 bits per heavy atom. The average molecular weight is 374 g/mol. The summed E-state index contributed by atoms with van der Waals surface area (Å²) in [6, 6.07) is 20.1. The number of anilines is 2. The summed E-state index contributed by atoms with van der Waals surface area (Å²) in [6.45, 7) is 2.30. The molecule has 0 N–H and O–H groups in total. The molecule has 6 heteroatoms. The highest BCUT2D eigenvalue weighted by atomic mass is 16.3. The maximum Gasteiger partial charge on any atom is 0.123 e. The van der Waals surface area contributed by atoms with Gasteiger partial charge < -0.3 is 18.6 Å². The molecule has 0 atom stereocenters. The first-order valence-electron chi connectivity index (χ1n) is 9.19. The number of hydrogen-bond donors (Lipinski definition) is 0. The Labute approximate surface area is 164 Å². The maximum atomic E-state index is 9.09. The molecule has 3 rings (SSSR count). The molecule has 28 heavy (non-hydrogen) atoms. The molecule has 2 aromatic heterocycles. The van der Waals surface area contributed by atoms with Gasteiger partial charge in [0.15, 0.2) is 0 Å². The zero-order valence-corrected chi connectivity index (χ0v) is 15.6. The van der Waals surface area contributed by atoms with Gasteiger partial charge in [0.2, 0.25) is 0 Å². The molecule has 0 unspecified atom stereocenters. The Kier molecular flexibility index (Phi) is 6.76. The molecule has 3 aromatic rings. The van der Waals surface area contributed by atoms with Gasteiger partial charge in [-0.1, -0.05) is 12.1 Å². The molecule has 0 bridgehead atoms. The summed E-state index contributed by atoms with van der Waals surface area (Å²) < 4.78 is 11.0. The van der Waals surface area contributed by atoms with Crippen molar-refractivity contribution in [2.24, 2.45) is 0 Å². The molecule has 0 fully saturated rings. The van der Waals surface area contributed by atoms with Gasteiger partial charge in [0, 0.05) is 13.1 Å². The fraction of sp³-hybridized carbons (Fsp3) is 0.273. The molecule has 0 saturated carbocycles. The predicted octanol–water partition coefficient (Wildman–Crippen LogP) is 4.71. The molecule has 1 aromatic carbocycles. The first-order chi connectivity index (χ1) is 13.8. The van der Waals surface area contributed by atoms with Crippen molar-refractivity contribution in [3.63, 3.8) is 0 Å². The first kappa shape index (κ1) is 19.1. The maximum absolute atomic E-state index is 9.09. The normalized spacial score (nSPS) is 10.2. The quantitative estimate of drug-likeness (QED) is 0.511. The van der Waals surface area contributed by atoms with Crippen LogP contribution in [0.15, 0.2) is 69.9 Å². The van der Waals surface area contributed by atoms with Crippen molar-refractivity contribution in [1.82, 2.24) is 0 Å². The first-order valence-corrected chi connectivity index (χ1v) is 9.19. The van der Waals surface area contributed by atoms with E-state index in [1.54, 1.807) is 12.5 Å². The summed E-state index contributed by atoms with van der Waals surface area (Å²) in [5.41, 5.74) is 2.00. The molecule has 2 heterocycles. The van der Waals surface area contributed by atoms with E-state index < -0.39 is 0 Å². The lowest BCUT2D eigenvalue weighted by molar-refractivity contribution is 0.499. The minimum atomic E-state index is 0.408. The van der Waals surface area contributed by atoms with Gasteiger partial charge in [-0.05, 0) is 36.4 Å². The van der Waals surface area contributed by atoms with E-state index in [-0.39, 0.29) is 0 Å². The third kappa shape index (κ3) is 4.96. The Morgan fingerprint density at radius 3 is 1.50 bits per heavy atom. The van der Waals surface area contributed by atoms with E-state index in [1.807, 2.05) is 48.5 Å². The van der Waals surface area contributed by atoms with E-state index in [0.717, 1.165) is 22.9 Å². The Balaban J connectivity index is 1.92. The van der Waals surface area contributed by atoms with Crippen LogP contribution >= 0.6 is 0 Å².